The van der Waals surface area contributed by atoms with Crippen molar-refractivity contribution in [3.63, 3.8) is 0 Å². The van der Waals surface area contributed by atoms with Crippen molar-refractivity contribution in [1.29, 1.82) is 0 Å². The first-order chi connectivity index (χ1) is 13.8. The van der Waals surface area contributed by atoms with Gasteiger partial charge in [0, 0.05) is 5.56 Å². The molecule has 2 nitrogen and oxygen atoms in total. The highest BCUT2D eigenvalue weighted by Crippen LogP contribution is 2.37. The maximum atomic E-state index is 13.6. The fraction of sp³-hybridized carbons (Fsp3) is 0.318. The Bertz CT molecular complexity index is 923. The molecular weight excluding hydrogens is 408 g/mol. The quantitative estimate of drug-likeness (QED) is 0.558. The summed E-state index contributed by atoms with van der Waals surface area (Å²) in [4.78, 5) is 11.9. The van der Waals surface area contributed by atoms with Gasteiger partial charge in [0.15, 0.2) is 0 Å². The van der Waals surface area contributed by atoms with E-state index in [0.717, 1.165) is 17.2 Å². The predicted octanol–water partition coefficient (Wildman–Crippen LogP) is 6.26. The Balaban J connectivity index is 2.26. The number of nitrogens with one attached hydrogen (secondary N) is 1. The maximum Gasteiger partial charge on any atom is 0.405 e. The van der Waals surface area contributed by atoms with Crippen LogP contribution in [0.4, 0.5) is 26.3 Å². The van der Waals surface area contributed by atoms with E-state index in [9.17, 15) is 31.1 Å². The van der Waals surface area contributed by atoms with Crippen LogP contribution in [-0.2, 0) is 0 Å². The van der Waals surface area contributed by atoms with Crippen molar-refractivity contribution in [3.05, 3.63) is 75.9 Å². The number of allylic oxidation sites excluding steroid dienone is 1. The minimum absolute atomic E-state index is 0.0260. The van der Waals surface area contributed by atoms with Gasteiger partial charge in [0.25, 0.3) is 5.91 Å². The van der Waals surface area contributed by atoms with Gasteiger partial charge in [-0.05, 0) is 43.5 Å². The molecule has 2 aromatic rings. The molecule has 0 aliphatic heterocycles. The van der Waals surface area contributed by atoms with E-state index in [1.807, 2.05) is 0 Å². The molecule has 2 rings (SSSR count). The van der Waals surface area contributed by atoms with Crippen molar-refractivity contribution in [2.24, 2.45) is 0 Å². The Morgan fingerprint density at radius 3 is 2.07 bits per heavy atom. The van der Waals surface area contributed by atoms with Crippen molar-refractivity contribution in [2.75, 3.05) is 6.54 Å². The summed E-state index contributed by atoms with van der Waals surface area (Å²) in [6, 6.07) is 8.88. The summed E-state index contributed by atoms with van der Waals surface area (Å²) in [5.41, 5.74) is 2.34. The first kappa shape index (κ1) is 23.5. The van der Waals surface area contributed by atoms with Crippen LogP contribution in [0.1, 0.15) is 44.1 Å². The Labute approximate surface area is 170 Å². The summed E-state index contributed by atoms with van der Waals surface area (Å²) < 4.78 is 77.5. The fourth-order valence-corrected chi connectivity index (χ4v) is 3.13. The molecule has 2 aromatic carbocycles. The lowest BCUT2D eigenvalue weighted by Crippen LogP contribution is -2.34. The number of benzene rings is 2. The zero-order valence-corrected chi connectivity index (χ0v) is 16.6. The van der Waals surface area contributed by atoms with Gasteiger partial charge in [-0.3, -0.25) is 4.79 Å². The highest BCUT2D eigenvalue weighted by Gasteiger charge is 2.39. The van der Waals surface area contributed by atoms with Gasteiger partial charge in [-0.2, -0.15) is 26.3 Å². The summed E-state index contributed by atoms with van der Waals surface area (Å²) in [5, 5.41) is 1.77. The first-order valence-corrected chi connectivity index (χ1v) is 9.05. The molecule has 0 heterocycles. The van der Waals surface area contributed by atoms with Crippen LogP contribution in [0, 0.1) is 20.8 Å². The van der Waals surface area contributed by atoms with E-state index in [2.05, 4.69) is 0 Å². The monoisotopic (exact) mass is 429 g/mol. The highest BCUT2D eigenvalue weighted by molar-refractivity contribution is 5.95. The number of alkyl halides is 6. The van der Waals surface area contributed by atoms with Crippen molar-refractivity contribution < 1.29 is 31.1 Å². The summed E-state index contributed by atoms with van der Waals surface area (Å²) in [5.74, 6) is -2.71. The second-order valence-corrected chi connectivity index (χ2v) is 7.17. The number of carbonyl (C=O) groups is 1. The minimum atomic E-state index is -4.53. The molecule has 0 fully saturated rings. The van der Waals surface area contributed by atoms with E-state index in [-0.39, 0.29) is 11.1 Å². The number of aryl methyl sites for hydroxylation is 3. The van der Waals surface area contributed by atoms with Gasteiger partial charge in [0.05, 0.1) is 5.92 Å². The van der Waals surface area contributed by atoms with E-state index in [1.165, 1.54) is 43.3 Å². The number of halogens is 6. The van der Waals surface area contributed by atoms with Gasteiger partial charge < -0.3 is 5.32 Å². The highest BCUT2D eigenvalue weighted by atomic mass is 19.4. The van der Waals surface area contributed by atoms with E-state index in [4.69, 9.17) is 0 Å². The zero-order chi connectivity index (χ0) is 22.7. The van der Waals surface area contributed by atoms with Crippen LogP contribution in [0.25, 0.3) is 6.08 Å². The predicted molar refractivity (Wildman–Crippen MR) is 103 cm³/mol. The van der Waals surface area contributed by atoms with Crippen LogP contribution < -0.4 is 5.32 Å². The Kier molecular flexibility index (Phi) is 7.00. The standard InChI is InChI=1S/C22H21F6NO/c1-13-8-14(2)10-17(9-13)19(22(26,27)28)7-5-16-4-6-18(15(3)11-16)20(30)29-12-21(23,24)25/h4-11,19H,12H2,1-3H3,(H,29,30)/b7-5+. The molecule has 1 atom stereocenters. The number of rotatable bonds is 5. The Hall–Kier alpha value is -2.77. The van der Waals surface area contributed by atoms with E-state index < -0.39 is 30.7 Å². The lowest BCUT2D eigenvalue weighted by Gasteiger charge is -2.18. The smallest absolute Gasteiger partial charge is 0.343 e. The molecule has 1 N–H and O–H groups in total. The van der Waals surface area contributed by atoms with Gasteiger partial charge in [0.1, 0.15) is 6.54 Å². The summed E-state index contributed by atoms with van der Waals surface area (Å²) in [6.45, 7) is 3.49. The topological polar surface area (TPSA) is 29.1 Å². The third-order valence-electron chi connectivity index (χ3n) is 4.38. The third-order valence-corrected chi connectivity index (χ3v) is 4.38. The molecule has 1 unspecified atom stereocenters. The largest absolute Gasteiger partial charge is 0.405 e. The molecule has 30 heavy (non-hydrogen) atoms. The number of hydrogen-bond acceptors (Lipinski definition) is 1. The van der Waals surface area contributed by atoms with Crippen LogP contribution in [0.5, 0.6) is 0 Å². The lowest BCUT2D eigenvalue weighted by atomic mass is 9.93. The first-order valence-electron chi connectivity index (χ1n) is 9.05. The zero-order valence-electron chi connectivity index (χ0n) is 16.6. The van der Waals surface area contributed by atoms with Crippen molar-refractivity contribution >= 4 is 12.0 Å². The van der Waals surface area contributed by atoms with Crippen molar-refractivity contribution in [3.8, 4) is 0 Å². The van der Waals surface area contributed by atoms with Crippen LogP contribution in [0.15, 0.2) is 42.5 Å². The van der Waals surface area contributed by atoms with Gasteiger partial charge in [0.2, 0.25) is 0 Å². The molecule has 1 amide bonds. The Morgan fingerprint density at radius 1 is 0.967 bits per heavy atom. The number of carbonyl (C=O) groups excluding carboxylic acids is 1. The van der Waals surface area contributed by atoms with Gasteiger partial charge in [-0.25, -0.2) is 0 Å². The van der Waals surface area contributed by atoms with Crippen LogP contribution >= 0.6 is 0 Å². The van der Waals surface area contributed by atoms with Crippen molar-refractivity contribution in [2.45, 2.75) is 39.0 Å². The van der Waals surface area contributed by atoms with Crippen LogP contribution in [0.2, 0.25) is 0 Å². The molecule has 0 saturated carbocycles. The Morgan fingerprint density at radius 2 is 1.57 bits per heavy atom. The molecule has 0 radical (unpaired) electrons. The maximum absolute atomic E-state index is 13.6. The molecule has 0 aliphatic carbocycles. The molecular formula is C22H21F6NO. The normalized spacial score (nSPS) is 13.5. The summed E-state index contributed by atoms with van der Waals surface area (Å²) in [7, 11) is 0. The lowest BCUT2D eigenvalue weighted by molar-refractivity contribution is -0.139. The molecule has 8 heteroatoms. The second kappa shape index (κ2) is 8.93. The van der Waals surface area contributed by atoms with E-state index in [0.29, 0.717) is 11.1 Å². The van der Waals surface area contributed by atoms with Gasteiger partial charge >= 0.3 is 12.4 Å². The number of amides is 1. The SMILES string of the molecule is Cc1cc(C)cc(C(/C=C/c2ccc(C(=O)NCC(F)(F)F)c(C)c2)C(F)(F)F)c1. The molecule has 0 spiro atoms. The van der Waals surface area contributed by atoms with E-state index in [1.54, 1.807) is 25.2 Å². The molecule has 0 saturated heterocycles. The number of hydrogen-bond donors (Lipinski definition) is 1. The van der Waals surface area contributed by atoms with Crippen molar-refractivity contribution in [1.82, 2.24) is 5.32 Å². The molecule has 162 valence electrons. The fourth-order valence-electron chi connectivity index (χ4n) is 3.13. The van der Waals surface area contributed by atoms with Gasteiger partial charge in [-0.1, -0.05) is 53.6 Å². The van der Waals surface area contributed by atoms with Crippen LogP contribution in [-0.4, -0.2) is 24.8 Å². The summed E-state index contributed by atoms with van der Waals surface area (Å²) in [6.07, 6.45) is -6.71. The summed E-state index contributed by atoms with van der Waals surface area (Å²) >= 11 is 0. The third kappa shape index (κ3) is 6.64. The molecule has 0 aromatic heterocycles. The molecule has 0 bridgehead atoms. The second-order valence-electron chi connectivity index (χ2n) is 7.17. The van der Waals surface area contributed by atoms with Crippen LogP contribution in [0.3, 0.4) is 0 Å². The van der Waals surface area contributed by atoms with Gasteiger partial charge in [-0.15, -0.1) is 0 Å². The average Bonchev–Trinajstić information content (AvgIpc) is 2.57. The van der Waals surface area contributed by atoms with E-state index >= 15 is 0 Å². The minimum Gasteiger partial charge on any atom is -0.343 e. The average molecular weight is 429 g/mol. The molecule has 0 aliphatic rings.